The zero-order chi connectivity index (χ0) is 12.3. The Hall–Kier alpha value is -1.39. The monoisotopic (exact) mass is 248 g/mol. The van der Waals surface area contributed by atoms with Gasteiger partial charge < -0.3 is 10.3 Å². The fourth-order valence-electron chi connectivity index (χ4n) is 1.74. The summed E-state index contributed by atoms with van der Waals surface area (Å²) in [7, 11) is 0. The number of rotatable bonds is 4. The number of aryl methyl sites for hydroxylation is 1. The summed E-state index contributed by atoms with van der Waals surface area (Å²) in [5, 5.41) is 5.20. The minimum atomic E-state index is 0.00790. The van der Waals surface area contributed by atoms with Gasteiger partial charge in [-0.3, -0.25) is 4.79 Å². The molecular weight excluding hydrogens is 232 g/mol. The molecule has 1 aromatic carbocycles. The van der Waals surface area contributed by atoms with E-state index in [1.807, 2.05) is 5.38 Å². The van der Waals surface area contributed by atoms with Gasteiger partial charge in [-0.05, 0) is 30.5 Å². The van der Waals surface area contributed by atoms with Crippen molar-refractivity contribution in [3.05, 3.63) is 55.6 Å². The second-order valence-corrected chi connectivity index (χ2v) is 4.98. The van der Waals surface area contributed by atoms with Crippen LogP contribution in [0.5, 0.6) is 0 Å². The molecule has 2 N–H and O–H groups in total. The first-order chi connectivity index (χ1) is 8.16. The molecule has 2 rings (SSSR count). The van der Waals surface area contributed by atoms with Gasteiger partial charge >= 0.3 is 4.87 Å². The van der Waals surface area contributed by atoms with E-state index in [0.717, 1.165) is 12.2 Å². The van der Waals surface area contributed by atoms with Crippen LogP contribution in [0, 0.1) is 13.8 Å². The molecule has 0 fully saturated rings. The Balaban J connectivity index is 1.94. The zero-order valence-electron chi connectivity index (χ0n) is 10.0. The molecule has 0 radical (unpaired) electrons. The summed E-state index contributed by atoms with van der Waals surface area (Å²) in [6.07, 6.45) is 0. The van der Waals surface area contributed by atoms with Crippen LogP contribution in [0.1, 0.15) is 22.4 Å². The van der Waals surface area contributed by atoms with E-state index in [1.165, 1.54) is 28.0 Å². The molecule has 0 aliphatic rings. The Morgan fingerprint density at radius 1 is 1.29 bits per heavy atom. The smallest absolute Gasteiger partial charge is 0.304 e. The maximum Gasteiger partial charge on any atom is 0.304 e. The van der Waals surface area contributed by atoms with Crippen LogP contribution in [0.2, 0.25) is 0 Å². The molecule has 0 bridgehead atoms. The molecule has 0 unspecified atom stereocenters. The Morgan fingerprint density at radius 2 is 2.12 bits per heavy atom. The quantitative estimate of drug-likeness (QED) is 0.872. The van der Waals surface area contributed by atoms with E-state index in [0.29, 0.717) is 6.54 Å². The molecule has 1 heterocycles. The van der Waals surface area contributed by atoms with Crippen molar-refractivity contribution in [1.82, 2.24) is 10.3 Å². The van der Waals surface area contributed by atoms with Crippen molar-refractivity contribution in [3.63, 3.8) is 0 Å². The maximum absolute atomic E-state index is 11.0. The topological polar surface area (TPSA) is 44.9 Å². The second-order valence-electron chi connectivity index (χ2n) is 4.14. The lowest BCUT2D eigenvalue weighted by molar-refractivity contribution is 0.679. The first-order valence-electron chi connectivity index (χ1n) is 5.59. The van der Waals surface area contributed by atoms with Gasteiger partial charge in [0.05, 0.1) is 0 Å². The van der Waals surface area contributed by atoms with Gasteiger partial charge in [0.15, 0.2) is 0 Å². The fraction of sp³-hybridized carbons (Fsp3) is 0.308. The summed E-state index contributed by atoms with van der Waals surface area (Å²) < 4.78 is 0. The summed E-state index contributed by atoms with van der Waals surface area (Å²) in [6.45, 7) is 5.78. The van der Waals surface area contributed by atoms with Crippen LogP contribution in [0.3, 0.4) is 0 Å². The molecule has 0 aliphatic heterocycles. The molecule has 0 saturated heterocycles. The molecule has 0 spiro atoms. The lowest BCUT2D eigenvalue weighted by Crippen LogP contribution is -2.14. The Kier molecular flexibility index (Phi) is 3.76. The van der Waals surface area contributed by atoms with E-state index in [-0.39, 0.29) is 4.87 Å². The third-order valence-corrected chi connectivity index (χ3v) is 3.64. The van der Waals surface area contributed by atoms with E-state index < -0.39 is 0 Å². The first-order valence-corrected chi connectivity index (χ1v) is 6.47. The molecule has 0 saturated carbocycles. The number of hydrogen-bond acceptors (Lipinski definition) is 3. The van der Waals surface area contributed by atoms with Gasteiger partial charge in [-0.25, -0.2) is 0 Å². The highest BCUT2D eigenvalue weighted by molar-refractivity contribution is 7.07. The van der Waals surface area contributed by atoms with Crippen molar-refractivity contribution in [3.8, 4) is 0 Å². The van der Waals surface area contributed by atoms with Gasteiger partial charge in [0.2, 0.25) is 0 Å². The van der Waals surface area contributed by atoms with Gasteiger partial charge in [-0.15, -0.1) is 0 Å². The SMILES string of the molecule is Cc1cccc(CNCc2csc(=O)[nH]2)c1C. The molecule has 4 heteroatoms. The number of aromatic nitrogens is 1. The highest BCUT2D eigenvalue weighted by Gasteiger charge is 2.01. The zero-order valence-corrected chi connectivity index (χ0v) is 10.9. The largest absolute Gasteiger partial charge is 0.315 e. The number of hydrogen-bond donors (Lipinski definition) is 2. The number of nitrogens with one attached hydrogen (secondary N) is 2. The van der Waals surface area contributed by atoms with E-state index >= 15 is 0 Å². The molecule has 17 heavy (non-hydrogen) atoms. The third-order valence-electron chi connectivity index (χ3n) is 2.92. The molecule has 90 valence electrons. The number of aromatic amines is 1. The number of H-pyrrole nitrogens is 1. The van der Waals surface area contributed by atoms with E-state index in [1.54, 1.807) is 0 Å². The van der Waals surface area contributed by atoms with Crippen LogP contribution < -0.4 is 10.2 Å². The highest BCUT2D eigenvalue weighted by Crippen LogP contribution is 2.12. The molecule has 3 nitrogen and oxygen atoms in total. The Labute approximate surface area is 105 Å². The Morgan fingerprint density at radius 3 is 2.82 bits per heavy atom. The predicted octanol–water partition coefficient (Wildman–Crippen LogP) is 2.34. The van der Waals surface area contributed by atoms with Crippen LogP contribution >= 0.6 is 11.3 Å². The van der Waals surface area contributed by atoms with Crippen LogP contribution in [0.25, 0.3) is 0 Å². The van der Waals surface area contributed by atoms with Gasteiger partial charge in [0.1, 0.15) is 0 Å². The van der Waals surface area contributed by atoms with Crippen LogP contribution in [0.15, 0.2) is 28.4 Å². The average Bonchev–Trinajstić information content (AvgIpc) is 2.70. The normalized spacial score (nSPS) is 10.7. The van der Waals surface area contributed by atoms with E-state index in [2.05, 4.69) is 42.3 Å². The van der Waals surface area contributed by atoms with Crippen molar-refractivity contribution in [2.75, 3.05) is 0 Å². The molecule has 1 aromatic heterocycles. The standard InChI is InChI=1S/C13H16N2OS/c1-9-4-3-5-11(10(9)2)6-14-7-12-8-17-13(16)15-12/h3-5,8,14H,6-7H2,1-2H3,(H,15,16). The Bertz CT molecular complexity index is 557. The minimum Gasteiger partial charge on any atom is -0.315 e. The minimum absolute atomic E-state index is 0.00790. The summed E-state index contributed by atoms with van der Waals surface area (Å²) >= 11 is 1.21. The molecule has 0 aliphatic carbocycles. The predicted molar refractivity (Wildman–Crippen MR) is 71.4 cm³/mol. The summed E-state index contributed by atoms with van der Waals surface area (Å²) in [5.41, 5.74) is 4.90. The first kappa shape index (κ1) is 12.1. The lowest BCUT2D eigenvalue weighted by atomic mass is 10.0. The van der Waals surface area contributed by atoms with Gasteiger partial charge in [0, 0.05) is 24.2 Å². The van der Waals surface area contributed by atoms with Gasteiger partial charge in [-0.2, -0.15) is 0 Å². The molecule has 0 amide bonds. The number of benzene rings is 1. The lowest BCUT2D eigenvalue weighted by Gasteiger charge is -2.09. The van der Waals surface area contributed by atoms with E-state index in [9.17, 15) is 4.79 Å². The van der Waals surface area contributed by atoms with Crippen LogP contribution in [0.4, 0.5) is 0 Å². The van der Waals surface area contributed by atoms with Crippen molar-refractivity contribution in [2.24, 2.45) is 0 Å². The van der Waals surface area contributed by atoms with Gasteiger partial charge in [0.25, 0.3) is 0 Å². The van der Waals surface area contributed by atoms with Crippen molar-refractivity contribution < 1.29 is 0 Å². The van der Waals surface area contributed by atoms with Crippen molar-refractivity contribution >= 4 is 11.3 Å². The van der Waals surface area contributed by atoms with Crippen molar-refractivity contribution in [1.29, 1.82) is 0 Å². The van der Waals surface area contributed by atoms with E-state index in [4.69, 9.17) is 0 Å². The third kappa shape index (κ3) is 3.05. The highest BCUT2D eigenvalue weighted by atomic mass is 32.1. The molecule has 2 aromatic rings. The van der Waals surface area contributed by atoms with Crippen molar-refractivity contribution in [2.45, 2.75) is 26.9 Å². The molecule has 0 atom stereocenters. The maximum atomic E-state index is 11.0. The fourth-order valence-corrected chi connectivity index (χ4v) is 2.32. The summed E-state index contributed by atoms with van der Waals surface area (Å²) in [5.74, 6) is 0. The molecular formula is C13H16N2OS. The van der Waals surface area contributed by atoms with Crippen LogP contribution in [-0.4, -0.2) is 4.98 Å². The summed E-state index contributed by atoms with van der Waals surface area (Å²) in [4.78, 5) is 13.8. The number of thiazole rings is 1. The van der Waals surface area contributed by atoms with Crippen LogP contribution in [-0.2, 0) is 13.1 Å². The summed E-state index contributed by atoms with van der Waals surface area (Å²) in [6, 6.07) is 6.33. The van der Waals surface area contributed by atoms with Gasteiger partial charge in [-0.1, -0.05) is 29.5 Å². The second kappa shape index (κ2) is 5.29. The average molecular weight is 248 g/mol.